The molecule has 0 aliphatic carbocycles. The van der Waals surface area contributed by atoms with Gasteiger partial charge in [0, 0.05) is 5.56 Å². The molecular formula is C15H17F2NO5. The Kier molecular flexibility index (Phi) is 6.62. The molecule has 1 N–H and O–H groups in total. The Morgan fingerprint density at radius 1 is 1.13 bits per heavy atom. The van der Waals surface area contributed by atoms with Crippen molar-refractivity contribution in [1.82, 2.24) is 5.32 Å². The number of amides is 1. The highest BCUT2D eigenvalue weighted by atomic mass is 19.2. The molecular weight excluding hydrogens is 312 g/mol. The van der Waals surface area contributed by atoms with Gasteiger partial charge in [-0.1, -0.05) is 6.92 Å². The molecule has 23 heavy (non-hydrogen) atoms. The Labute approximate surface area is 131 Å². The maximum atomic E-state index is 13.2. The van der Waals surface area contributed by atoms with Crippen LogP contribution in [0.5, 0.6) is 0 Å². The average molecular weight is 329 g/mol. The van der Waals surface area contributed by atoms with E-state index >= 15 is 0 Å². The first-order chi connectivity index (χ1) is 10.8. The molecule has 2 atom stereocenters. The highest BCUT2D eigenvalue weighted by Crippen LogP contribution is 2.13. The zero-order chi connectivity index (χ0) is 17.6. The number of esters is 2. The van der Waals surface area contributed by atoms with Crippen molar-refractivity contribution in [2.45, 2.75) is 19.4 Å². The molecule has 0 saturated heterocycles. The van der Waals surface area contributed by atoms with Crippen molar-refractivity contribution >= 4 is 17.8 Å². The van der Waals surface area contributed by atoms with Crippen LogP contribution in [0.25, 0.3) is 0 Å². The van der Waals surface area contributed by atoms with Crippen LogP contribution in [0.1, 0.15) is 23.7 Å². The largest absolute Gasteiger partial charge is 0.469 e. The molecule has 1 amide bonds. The number of ether oxygens (including phenoxy) is 2. The summed E-state index contributed by atoms with van der Waals surface area (Å²) in [7, 11) is 2.33. The maximum Gasteiger partial charge on any atom is 0.328 e. The third-order valence-corrected chi connectivity index (χ3v) is 3.21. The van der Waals surface area contributed by atoms with E-state index in [1.165, 1.54) is 7.11 Å². The van der Waals surface area contributed by atoms with Crippen molar-refractivity contribution in [1.29, 1.82) is 0 Å². The van der Waals surface area contributed by atoms with E-state index in [9.17, 15) is 23.2 Å². The van der Waals surface area contributed by atoms with Gasteiger partial charge in [0.05, 0.1) is 20.6 Å². The summed E-state index contributed by atoms with van der Waals surface area (Å²) in [6.07, 6.45) is -0.131. The van der Waals surface area contributed by atoms with Crippen LogP contribution in [0, 0.1) is 17.6 Å². The molecule has 1 aromatic carbocycles. The smallest absolute Gasteiger partial charge is 0.328 e. The van der Waals surface area contributed by atoms with Crippen LogP contribution in [-0.2, 0) is 19.1 Å². The van der Waals surface area contributed by atoms with Gasteiger partial charge in [0.15, 0.2) is 11.6 Å². The van der Waals surface area contributed by atoms with E-state index in [0.29, 0.717) is 6.07 Å². The lowest BCUT2D eigenvalue weighted by Gasteiger charge is -2.22. The number of methoxy groups -OCH3 is 2. The van der Waals surface area contributed by atoms with Gasteiger partial charge in [-0.15, -0.1) is 0 Å². The fraction of sp³-hybridized carbons (Fsp3) is 0.400. The third kappa shape index (κ3) is 5.01. The lowest BCUT2D eigenvalue weighted by molar-refractivity contribution is -0.146. The molecule has 6 nitrogen and oxygen atoms in total. The Bertz CT molecular complexity index is 606. The fourth-order valence-corrected chi connectivity index (χ4v) is 1.89. The molecule has 1 rings (SSSR count). The van der Waals surface area contributed by atoms with Crippen molar-refractivity contribution in [3.8, 4) is 0 Å². The molecule has 0 heterocycles. The van der Waals surface area contributed by atoms with Gasteiger partial charge in [-0.3, -0.25) is 9.59 Å². The normalized spacial score (nSPS) is 12.9. The monoisotopic (exact) mass is 329 g/mol. The Hall–Kier alpha value is -2.51. The van der Waals surface area contributed by atoms with Crippen LogP contribution >= 0.6 is 0 Å². The van der Waals surface area contributed by atoms with Gasteiger partial charge in [-0.2, -0.15) is 0 Å². The van der Waals surface area contributed by atoms with Crippen molar-refractivity contribution in [2.24, 2.45) is 5.92 Å². The molecule has 1 aromatic rings. The third-order valence-electron chi connectivity index (χ3n) is 3.21. The molecule has 0 fully saturated rings. The number of benzene rings is 1. The minimum atomic E-state index is -1.19. The quantitative estimate of drug-likeness (QED) is 0.799. The van der Waals surface area contributed by atoms with E-state index < -0.39 is 41.4 Å². The van der Waals surface area contributed by atoms with Crippen LogP contribution < -0.4 is 5.32 Å². The second-order valence-corrected chi connectivity index (χ2v) is 4.86. The van der Waals surface area contributed by atoms with Crippen molar-refractivity contribution in [3.63, 3.8) is 0 Å². The van der Waals surface area contributed by atoms with Gasteiger partial charge in [-0.25, -0.2) is 13.6 Å². The Morgan fingerprint density at radius 2 is 1.78 bits per heavy atom. The molecule has 0 spiro atoms. The maximum absolute atomic E-state index is 13.2. The highest BCUT2D eigenvalue weighted by Gasteiger charge is 2.30. The number of carbonyl (C=O) groups is 3. The van der Waals surface area contributed by atoms with E-state index in [-0.39, 0.29) is 12.0 Å². The molecule has 8 heteroatoms. The molecule has 0 bridgehead atoms. The molecule has 0 aliphatic rings. The first kappa shape index (κ1) is 18.5. The topological polar surface area (TPSA) is 81.7 Å². The zero-order valence-electron chi connectivity index (χ0n) is 12.9. The summed E-state index contributed by atoms with van der Waals surface area (Å²) in [5.41, 5.74) is -0.164. The van der Waals surface area contributed by atoms with Gasteiger partial charge in [-0.05, 0) is 24.1 Å². The number of halogens is 2. The summed E-state index contributed by atoms with van der Waals surface area (Å²) < 4.78 is 35.2. The number of hydrogen-bond donors (Lipinski definition) is 1. The van der Waals surface area contributed by atoms with Crippen molar-refractivity contribution in [2.75, 3.05) is 14.2 Å². The fourth-order valence-electron chi connectivity index (χ4n) is 1.89. The van der Waals surface area contributed by atoms with Gasteiger partial charge in [0.2, 0.25) is 0 Å². The molecule has 0 saturated carbocycles. The lowest BCUT2D eigenvalue weighted by Crippen LogP contribution is -2.46. The van der Waals surface area contributed by atoms with Gasteiger partial charge >= 0.3 is 11.9 Å². The van der Waals surface area contributed by atoms with Crippen LogP contribution in [0.2, 0.25) is 0 Å². The number of nitrogens with one attached hydrogen (secondary N) is 1. The standard InChI is InChI=1S/C15H17F2NO5/c1-8(6-12(19)22-2)13(15(21)23-3)18-14(20)9-4-5-10(16)11(17)7-9/h4-5,7-8,13H,6H2,1-3H3,(H,18,20)/t8-,13+/m0/s1. The van der Waals surface area contributed by atoms with Crippen LogP contribution in [0.3, 0.4) is 0 Å². The number of carbonyl (C=O) groups excluding carboxylic acids is 3. The Morgan fingerprint density at radius 3 is 2.30 bits per heavy atom. The summed E-state index contributed by atoms with van der Waals surface area (Å²) in [5, 5.41) is 2.35. The van der Waals surface area contributed by atoms with Gasteiger partial charge in [0.1, 0.15) is 6.04 Å². The molecule has 0 radical (unpaired) electrons. The zero-order valence-corrected chi connectivity index (χ0v) is 12.9. The van der Waals surface area contributed by atoms with E-state index in [2.05, 4.69) is 14.8 Å². The highest BCUT2D eigenvalue weighted by molar-refractivity contribution is 5.97. The average Bonchev–Trinajstić information content (AvgIpc) is 2.53. The number of hydrogen-bond acceptors (Lipinski definition) is 5. The summed E-state index contributed by atoms with van der Waals surface area (Å²) in [6, 6.07) is 1.45. The first-order valence-corrected chi connectivity index (χ1v) is 6.70. The van der Waals surface area contributed by atoms with E-state index in [1.807, 2.05) is 0 Å². The van der Waals surface area contributed by atoms with Crippen LogP contribution in [0.4, 0.5) is 8.78 Å². The molecule has 126 valence electrons. The predicted molar refractivity (Wildman–Crippen MR) is 75.4 cm³/mol. The van der Waals surface area contributed by atoms with Gasteiger partial charge < -0.3 is 14.8 Å². The molecule has 0 aliphatic heterocycles. The Balaban J connectivity index is 2.91. The van der Waals surface area contributed by atoms with Crippen molar-refractivity contribution < 1.29 is 32.6 Å². The SMILES string of the molecule is COC(=O)C[C@H](C)[C@@H](NC(=O)c1ccc(F)c(F)c1)C(=O)OC. The van der Waals surface area contributed by atoms with E-state index in [1.54, 1.807) is 6.92 Å². The van der Waals surface area contributed by atoms with Crippen LogP contribution in [-0.4, -0.2) is 38.1 Å². The van der Waals surface area contributed by atoms with Crippen molar-refractivity contribution in [3.05, 3.63) is 35.4 Å². The van der Waals surface area contributed by atoms with E-state index in [0.717, 1.165) is 19.2 Å². The summed E-state index contributed by atoms with van der Waals surface area (Å²) in [4.78, 5) is 35.2. The second kappa shape index (κ2) is 8.21. The second-order valence-electron chi connectivity index (χ2n) is 4.86. The minimum Gasteiger partial charge on any atom is -0.469 e. The van der Waals surface area contributed by atoms with Gasteiger partial charge in [0.25, 0.3) is 5.91 Å². The predicted octanol–water partition coefficient (Wildman–Crippen LogP) is 1.44. The minimum absolute atomic E-state index is 0.131. The van der Waals surface area contributed by atoms with Crippen LogP contribution in [0.15, 0.2) is 18.2 Å². The summed E-state index contributed by atoms with van der Waals surface area (Å²) >= 11 is 0. The lowest BCUT2D eigenvalue weighted by atomic mass is 9.97. The molecule has 0 unspecified atom stereocenters. The first-order valence-electron chi connectivity index (χ1n) is 6.70. The number of rotatable bonds is 6. The summed E-state index contributed by atoms with van der Waals surface area (Å²) in [5.74, 6) is -5.02. The summed E-state index contributed by atoms with van der Waals surface area (Å²) in [6.45, 7) is 1.55. The molecule has 0 aromatic heterocycles. The van der Waals surface area contributed by atoms with E-state index in [4.69, 9.17) is 0 Å².